The van der Waals surface area contributed by atoms with Crippen molar-refractivity contribution >= 4 is 33.0 Å². The zero-order valence-corrected chi connectivity index (χ0v) is 11.0. The number of rotatable bonds is 4. The molecule has 2 aromatic rings. The SMILES string of the molecule is CC[C@H](CO)NC(=O)c1cc2cc(N)ccc2s1. The van der Waals surface area contributed by atoms with Gasteiger partial charge >= 0.3 is 0 Å². The van der Waals surface area contributed by atoms with Crippen LogP contribution in [0.25, 0.3) is 10.1 Å². The highest BCUT2D eigenvalue weighted by atomic mass is 32.1. The molecule has 0 saturated heterocycles. The number of carbonyl (C=O) groups excluding carboxylic acids is 1. The molecule has 96 valence electrons. The van der Waals surface area contributed by atoms with E-state index in [1.54, 1.807) is 0 Å². The summed E-state index contributed by atoms with van der Waals surface area (Å²) in [5, 5.41) is 12.8. The van der Waals surface area contributed by atoms with E-state index < -0.39 is 0 Å². The molecule has 5 heteroatoms. The van der Waals surface area contributed by atoms with Crippen molar-refractivity contribution in [2.24, 2.45) is 0 Å². The lowest BCUT2D eigenvalue weighted by Crippen LogP contribution is -2.36. The number of aliphatic hydroxyl groups is 1. The topological polar surface area (TPSA) is 75.3 Å². The van der Waals surface area contributed by atoms with Gasteiger partial charge in [0.2, 0.25) is 0 Å². The Labute approximate surface area is 109 Å². The van der Waals surface area contributed by atoms with E-state index in [0.29, 0.717) is 17.0 Å². The number of thiophene rings is 1. The molecule has 1 heterocycles. The van der Waals surface area contributed by atoms with E-state index >= 15 is 0 Å². The zero-order chi connectivity index (χ0) is 13.1. The predicted molar refractivity (Wildman–Crippen MR) is 74.9 cm³/mol. The summed E-state index contributed by atoms with van der Waals surface area (Å²) in [5.41, 5.74) is 6.39. The van der Waals surface area contributed by atoms with Gasteiger partial charge < -0.3 is 16.2 Å². The number of amides is 1. The number of nitrogens with two attached hydrogens (primary N) is 1. The first-order valence-electron chi connectivity index (χ1n) is 5.84. The fraction of sp³-hybridized carbons (Fsp3) is 0.308. The van der Waals surface area contributed by atoms with E-state index in [0.717, 1.165) is 10.1 Å². The number of hydrogen-bond acceptors (Lipinski definition) is 4. The molecule has 4 N–H and O–H groups in total. The molecule has 0 unspecified atom stereocenters. The van der Waals surface area contributed by atoms with Crippen LogP contribution >= 0.6 is 11.3 Å². The zero-order valence-electron chi connectivity index (χ0n) is 10.1. The molecule has 1 amide bonds. The molecule has 0 aliphatic heterocycles. The van der Waals surface area contributed by atoms with Crippen molar-refractivity contribution in [1.29, 1.82) is 0 Å². The molecule has 2 rings (SSSR count). The number of aliphatic hydroxyl groups excluding tert-OH is 1. The number of nitrogens with one attached hydrogen (secondary N) is 1. The fourth-order valence-corrected chi connectivity index (χ4v) is 2.65. The number of anilines is 1. The quantitative estimate of drug-likeness (QED) is 0.739. The van der Waals surface area contributed by atoms with Gasteiger partial charge in [0, 0.05) is 10.4 Å². The maximum atomic E-state index is 12.0. The Morgan fingerprint density at radius 1 is 1.50 bits per heavy atom. The van der Waals surface area contributed by atoms with E-state index in [9.17, 15) is 4.79 Å². The van der Waals surface area contributed by atoms with Gasteiger partial charge in [-0.2, -0.15) is 0 Å². The first-order chi connectivity index (χ1) is 8.63. The minimum Gasteiger partial charge on any atom is -0.399 e. The van der Waals surface area contributed by atoms with Gasteiger partial charge in [-0.25, -0.2) is 0 Å². The number of hydrogen-bond donors (Lipinski definition) is 3. The van der Waals surface area contributed by atoms with E-state index in [-0.39, 0.29) is 18.6 Å². The van der Waals surface area contributed by atoms with Crippen molar-refractivity contribution in [3.63, 3.8) is 0 Å². The molecule has 0 spiro atoms. The molecule has 0 bridgehead atoms. The van der Waals surface area contributed by atoms with Gasteiger partial charge in [-0.05, 0) is 36.1 Å². The van der Waals surface area contributed by atoms with E-state index in [2.05, 4.69) is 5.32 Å². The van der Waals surface area contributed by atoms with Gasteiger partial charge in [-0.15, -0.1) is 11.3 Å². The van der Waals surface area contributed by atoms with Crippen LogP contribution < -0.4 is 11.1 Å². The average Bonchev–Trinajstić information content (AvgIpc) is 2.78. The predicted octanol–water partition coefficient (Wildman–Crippen LogP) is 1.98. The number of benzene rings is 1. The van der Waals surface area contributed by atoms with Crippen LogP contribution in [-0.2, 0) is 0 Å². The largest absolute Gasteiger partial charge is 0.399 e. The minimum atomic E-state index is -0.187. The molecular weight excluding hydrogens is 248 g/mol. The van der Waals surface area contributed by atoms with Crippen LogP contribution in [0.15, 0.2) is 24.3 Å². The van der Waals surface area contributed by atoms with Crippen LogP contribution in [0.3, 0.4) is 0 Å². The maximum Gasteiger partial charge on any atom is 0.261 e. The smallest absolute Gasteiger partial charge is 0.261 e. The standard InChI is InChI=1S/C13H16N2O2S/c1-2-10(7-16)15-13(17)12-6-8-5-9(14)3-4-11(8)18-12/h3-6,10,16H,2,7,14H2,1H3,(H,15,17)/t10-/m1/s1. The molecule has 0 fully saturated rings. The Kier molecular flexibility index (Phi) is 3.84. The van der Waals surface area contributed by atoms with Gasteiger partial charge in [0.05, 0.1) is 17.5 Å². The van der Waals surface area contributed by atoms with Crippen molar-refractivity contribution in [3.05, 3.63) is 29.1 Å². The summed E-state index contributed by atoms with van der Waals surface area (Å²) >= 11 is 1.43. The van der Waals surface area contributed by atoms with Crippen LogP contribution in [-0.4, -0.2) is 23.7 Å². The second kappa shape index (κ2) is 5.37. The van der Waals surface area contributed by atoms with Crippen LogP contribution in [0.5, 0.6) is 0 Å². The summed E-state index contributed by atoms with van der Waals surface area (Å²) in [7, 11) is 0. The van der Waals surface area contributed by atoms with Gasteiger partial charge in [0.25, 0.3) is 5.91 Å². The molecule has 4 nitrogen and oxygen atoms in total. The first kappa shape index (κ1) is 12.9. The molecular formula is C13H16N2O2S. The molecule has 1 atom stereocenters. The molecule has 18 heavy (non-hydrogen) atoms. The van der Waals surface area contributed by atoms with Crippen molar-refractivity contribution in [1.82, 2.24) is 5.32 Å². The van der Waals surface area contributed by atoms with Gasteiger partial charge in [-0.1, -0.05) is 6.92 Å². The van der Waals surface area contributed by atoms with E-state index in [1.165, 1.54) is 11.3 Å². The second-order valence-electron chi connectivity index (χ2n) is 4.17. The molecule has 0 saturated carbocycles. The summed E-state index contributed by atoms with van der Waals surface area (Å²) in [6, 6.07) is 7.23. The Balaban J connectivity index is 2.23. The lowest BCUT2D eigenvalue weighted by Gasteiger charge is -2.12. The molecule has 1 aromatic heterocycles. The highest BCUT2D eigenvalue weighted by Gasteiger charge is 2.14. The Morgan fingerprint density at radius 3 is 2.94 bits per heavy atom. The molecule has 0 radical (unpaired) electrons. The maximum absolute atomic E-state index is 12.0. The second-order valence-corrected chi connectivity index (χ2v) is 5.25. The Morgan fingerprint density at radius 2 is 2.28 bits per heavy atom. The summed E-state index contributed by atoms with van der Waals surface area (Å²) in [5.74, 6) is -0.143. The van der Waals surface area contributed by atoms with E-state index in [1.807, 2.05) is 31.2 Å². The third-order valence-electron chi connectivity index (χ3n) is 2.81. The fourth-order valence-electron chi connectivity index (χ4n) is 1.71. The van der Waals surface area contributed by atoms with Crippen LogP contribution in [0.2, 0.25) is 0 Å². The summed E-state index contributed by atoms with van der Waals surface area (Å²) in [6.07, 6.45) is 0.708. The molecule has 0 aliphatic carbocycles. The third-order valence-corrected chi connectivity index (χ3v) is 3.93. The first-order valence-corrected chi connectivity index (χ1v) is 6.66. The van der Waals surface area contributed by atoms with Gasteiger partial charge in [0.1, 0.15) is 0 Å². The minimum absolute atomic E-state index is 0.0416. The van der Waals surface area contributed by atoms with Crippen molar-refractivity contribution < 1.29 is 9.90 Å². The monoisotopic (exact) mass is 264 g/mol. The molecule has 0 aliphatic rings. The average molecular weight is 264 g/mol. The summed E-state index contributed by atoms with van der Waals surface area (Å²) < 4.78 is 1.03. The van der Waals surface area contributed by atoms with E-state index in [4.69, 9.17) is 10.8 Å². The van der Waals surface area contributed by atoms with Crippen LogP contribution in [0.4, 0.5) is 5.69 Å². The number of nitrogen functional groups attached to an aromatic ring is 1. The highest BCUT2D eigenvalue weighted by Crippen LogP contribution is 2.27. The normalized spacial score (nSPS) is 12.6. The number of carbonyl (C=O) groups is 1. The van der Waals surface area contributed by atoms with Crippen molar-refractivity contribution in [2.75, 3.05) is 12.3 Å². The highest BCUT2D eigenvalue weighted by molar-refractivity contribution is 7.20. The summed E-state index contributed by atoms with van der Waals surface area (Å²) in [6.45, 7) is 1.88. The van der Waals surface area contributed by atoms with Gasteiger partial charge in [-0.3, -0.25) is 4.79 Å². The van der Waals surface area contributed by atoms with Crippen molar-refractivity contribution in [3.8, 4) is 0 Å². The van der Waals surface area contributed by atoms with Crippen LogP contribution in [0, 0.1) is 0 Å². The summed E-state index contributed by atoms with van der Waals surface area (Å²) in [4.78, 5) is 12.6. The lowest BCUT2D eigenvalue weighted by atomic mass is 10.2. The Bertz CT molecular complexity index is 561. The third kappa shape index (κ3) is 2.63. The molecule has 1 aromatic carbocycles. The van der Waals surface area contributed by atoms with Gasteiger partial charge in [0.15, 0.2) is 0 Å². The Hall–Kier alpha value is -1.59. The lowest BCUT2D eigenvalue weighted by molar-refractivity contribution is 0.0919. The van der Waals surface area contributed by atoms with Crippen molar-refractivity contribution in [2.45, 2.75) is 19.4 Å². The number of fused-ring (bicyclic) bond motifs is 1. The van der Waals surface area contributed by atoms with Crippen LogP contribution in [0.1, 0.15) is 23.0 Å².